The summed E-state index contributed by atoms with van der Waals surface area (Å²) in [7, 11) is 0. The predicted octanol–water partition coefficient (Wildman–Crippen LogP) is 1.82. The molecule has 8 heteroatoms. The number of amides is 1. The average molecular weight is 418 g/mol. The van der Waals surface area contributed by atoms with Crippen LogP contribution in [0, 0.1) is 0 Å². The fraction of sp³-hybridized carbons (Fsp3) is 0.304. The molecule has 1 fully saturated rings. The summed E-state index contributed by atoms with van der Waals surface area (Å²) in [5.74, 6) is -2.58. The second-order valence-corrected chi connectivity index (χ2v) is 8.38. The molecule has 1 saturated carbocycles. The van der Waals surface area contributed by atoms with Gasteiger partial charge in [-0.3, -0.25) is 9.59 Å². The molecule has 31 heavy (non-hydrogen) atoms. The zero-order valence-electron chi connectivity index (χ0n) is 17.2. The molecule has 2 aromatic rings. The van der Waals surface area contributed by atoms with Gasteiger partial charge in [0.15, 0.2) is 0 Å². The van der Waals surface area contributed by atoms with E-state index in [1.165, 1.54) is 18.5 Å². The Bertz CT molecular complexity index is 1190. The van der Waals surface area contributed by atoms with E-state index < -0.39 is 23.0 Å². The molecule has 4 N–H and O–H groups in total. The average Bonchev–Trinajstić information content (AvgIpc) is 3.12. The van der Waals surface area contributed by atoms with Crippen molar-refractivity contribution in [3.63, 3.8) is 0 Å². The number of aliphatic hydroxyl groups is 1. The Balaban J connectivity index is 1.74. The van der Waals surface area contributed by atoms with E-state index in [-0.39, 0.29) is 17.1 Å². The highest BCUT2D eigenvalue weighted by atomic mass is 16.6. The molecule has 0 saturated heterocycles. The van der Waals surface area contributed by atoms with Crippen molar-refractivity contribution in [1.29, 1.82) is 0 Å². The molecule has 2 aliphatic carbocycles. The summed E-state index contributed by atoms with van der Waals surface area (Å²) in [5.41, 5.74) is 6.83. The minimum Gasteiger partial charge on any atom is -0.454 e. The molecule has 1 aromatic heterocycles. The van der Waals surface area contributed by atoms with Crippen LogP contribution in [0.25, 0.3) is 0 Å². The van der Waals surface area contributed by atoms with Gasteiger partial charge in [-0.25, -0.2) is 0 Å². The van der Waals surface area contributed by atoms with Crippen molar-refractivity contribution >= 4 is 11.7 Å². The molecule has 3 aliphatic rings. The lowest BCUT2D eigenvalue weighted by Crippen LogP contribution is -2.62. The van der Waals surface area contributed by atoms with Crippen LogP contribution in [-0.4, -0.2) is 32.8 Å². The SMILES string of the molecule is CC(C)c1ccc2c(c1)OC1(O)C3=CCCC(N)=C3C(=O)C21NC(=O)c1ccnnc1. The minimum atomic E-state index is -2.10. The monoisotopic (exact) mass is 418 g/mol. The fourth-order valence-electron chi connectivity index (χ4n) is 4.66. The second-order valence-electron chi connectivity index (χ2n) is 8.38. The van der Waals surface area contributed by atoms with Gasteiger partial charge in [0.05, 0.1) is 18.0 Å². The normalized spacial score (nSPS) is 26.2. The number of fused-ring (bicyclic) bond motifs is 5. The highest BCUT2D eigenvalue weighted by Crippen LogP contribution is 2.59. The minimum absolute atomic E-state index is 0.206. The summed E-state index contributed by atoms with van der Waals surface area (Å²) in [6.45, 7) is 4.08. The van der Waals surface area contributed by atoms with Crippen LogP contribution < -0.4 is 15.8 Å². The van der Waals surface area contributed by atoms with Crippen molar-refractivity contribution in [1.82, 2.24) is 15.5 Å². The molecular formula is C23H22N4O4. The molecular weight excluding hydrogens is 396 g/mol. The first kappa shape index (κ1) is 19.4. The molecule has 158 valence electrons. The van der Waals surface area contributed by atoms with Crippen molar-refractivity contribution in [2.24, 2.45) is 5.73 Å². The van der Waals surface area contributed by atoms with E-state index in [1.807, 2.05) is 26.0 Å². The molecule has 0 radical (unpaired) electrons. The van der Waals surface area contributed by atoms with Gasteiger partial charge >= 0.3 is 0 Å². The Hall–Kier alpha value is -3.52. The highest BCUT2D eigenvalue weighted by Gasteiger charge is 2.73. The number of nitrogens with two attached hydrogens (primary N) is 1. The third-order valence-electron chi connectivity index (χ3n) is 6.28. The van der Waals surface area contributed by atoms with Gasteiger partial charge in [-0.15, -0.1) is 0 Å². The maximum atomic E-state index is 13.8. The summed E-state index contributed by atoms with van der Waals surface area (Å²) in [5, 5.41) is 22.1. The van der Waals surface area contributed by atoms with E-state index in [1.54, 1.807) is 12.1 Å². The first-order valence-electron chi connectivity index (χ1n) is 10.2. The number of carbonyl (C=O) groups excluding carboxylic acids is 2. The lowest BCUT2D eigenvalue weighted by atomic mass is 9.82. The number of benzene rings is 1. The predicted molar refractivity (Wildman–Crippen MR) is 111 cm³/mol. The van der Waals surface area contributed by atoms with E-state index in [2.05, 4.69) is 15.5 Å². The number of ketones is 1. The van der Waals surface area contributed by atoms with Crippen LogP contribution in [0.2, 0.25) is 0 Å². The maximum Gasteiger partial charge on any atom is 0.270 e. The number of allylic oxidation sites excluding steroid dienone is 2. The van der Waals surface area contributed by atoms with Gasteiger partial charge < -0.3 is 20.9 Å². The Morgan fingerprint density at radius 3 is 2.81 bits per heavy atom. The standard InChI is InChI=1S/C23H22N4O4/c1-12(2)13-6-7-15-18(10-13)31-23(30)16-4-3-5-17(24)19(16)20(28)22(15,23)27-21(29)14-8-9-25-26-11-14/h4,6-12,30H,3,5,24H2,1-2H3,(H,27,29). The van der Waals surface area contributed by atoms with Gasteiger partial charge in [0.2, 0.25) is 11.3 Å². The maximum absolute atomic E-state index is 13.8. The quantitative estimate of drug-likeness (QED) is 0.694. The number of aromatic nitrogens is 2. The van der Waals surface area contributed by atoms with Gasteiger partial charge in [0.1, 0.15) is 5.75 Å². The van der Waals surface area contributed by atoms with E-state index in [0.717, 1.165) is 5.56 Å². The van der Waals surface area contributed by atoms with Gasteiger partial charge in [-0.2, -0.15) is 10.2 Å². The van der Waals surface area contributed by atoms with Crippen LogP contribution in [0.5, 0.6) is 5.75 Å². The third-order valence-corrected chi connectivity index (χ3v) is 6.28. The van der Waals surface area contributed by atoms with Crippen molar-refractivity contribution in [2.75, 3.05) is 0 Å². The molecule has 0 bridgehead atoms. The van der Waals surface area contributed by atoms with E-state index in [0.29, 0.717) is 35.4 Å². The summed E-state index contributed by atoms with van der Waals surface area (Å²) in [6, 6.07) is 6.90. The smallest absolute Gasteiger partial charge is 0.270 e. The number of carbonyl (C=O) groups is 2. The molecule has 2 unspecified atom stereocenters. The summed E-state index contributed by atoms with van der Waals surface area (Å²) in [6.07, 6.45) is 5.50. The van der Waals surface area contributed by atoms with Crippen LogP contribution in [-0.2, 0) is 10.3 Å². The van der Waals surface area contributed by atoms with Gasteiger partial charge in [-0.05, 0) is 36.5 Å². The van der Waals surface area contributed by atoms with Crippen LogP contribution in [0.3, 0.4) is 0 Å². The number of rotatable bonds is 3. The van der Waals surface area contributed by atoms with Crippen molar-refractivity contribution in [3.05, 3.63) is 76.3 Å². The zero-order valence-corrected chi connectivity index (χ0v) is 17.2. The molecule has 8 nitrogen and oxygen atoms in total. The van der Waals surface area contributed by atoms with E-state index >= 15 is 0 Å². The Morgan fingerprint density at radius 2 is 2.10 bits per heavy atom. The first-order chi connectivity index (χ1) is 14.8. The number of ether oxygens (including phenoxy) is 1. The lowest BCUT2D eigenvalue weighted by Gasteiger charge is -2.34. The Labute approximate surface area is 178 Å². The number of nitrogens with one attached hydrogen (secondary N) is 1. The number of Topliss-reactive ketones (excluding diaryl/α,β-unsaturated/α-hetero) is 1. The number of hydrogen-bond acceptors (Lipinski definition) is 7. The molecule has 5 rings (SSSR count). The lowest BCUT2D eigenvalue weighted by molar-refractivity contribution is -0.152. The van der Waals surface area contributed by atoms with Gasteiger partial charge in [0.25, 0.3) is 11.7 Å². The Morgan fingerprint density at radius 1 is 1.29 bits per heavy atom. The van der Waals surface area contributed by atoms with Crippen LogP contribution in [0.15, 0.2) is 59.6 Å². The van der Waals surface area contributed by atoms with Crippen LogP contribution >= 0.6 is 0 Å². The van der Waals surface area contributed by atoms with Crippen molar-refractivity contribution in [3.8, 4) is 5.75 Å². The van der Waals surface area contributed by atoms with Crippen molar-refractivity contribution in [2.45, 2.75) is 43.9 Å². The highest BCUT2D eigenvalue weighted by molar-refractivity contribution is 6.16. The largest absolute Gasteiger partial charge is 0.454 e. The summed E-state index contributed by atoms with van der Waals surface area (Å²) in [4.78, 5) is 27.0. The van der Waals surface area contributed by atoms with Crippen LogP contribution in [0.1, 0.15) is 54.1 Å². The molecule has 1 aliphatic heterocycles. The Kier molecular flexibility index (Phi) is 4.07. The summed E-state index contributed by atoms with van der Waals surface area (Å²) < 4.78 is 6.07. The molecule has 1 aromatic carbocycles. The summed E-state index contributed by atoms with van der Waals surface area (Å²) >= 11 is 0. The van der Waals surface area contributed by atoms with Crippen molar-refractivity contribution < 1.29 is 19.4 Å². The molecule has 2 heterocycles. The fourth-order valence-corrected chi connectivity index (χ4v) is 4.66. The molecule has 1 amide bonds. The zero-order chi connectivity index (χ0) is 22.0. The topological polar surface area (TPSA) is 127 Å². The molecule has 2 atom stereocenters. The molecule has 0 spiro atoms. The van der Waals surface area contributed by atoms with E-state index in [9.17, 15) is 14.7 Å². The second kappa shape index (κ2) is 6.49. The number of hydrogen-bond donors (Lipinski definition) is 3. The third kappa shape index (κ3) is 2.45. The van der Waals surface area contributed by atoms with Gasteiger partial charge in [-0.1, -0.05) is 32.1 Å². The van der Waals surface area contributed by atoms with Crippen LogP contribution in [0.4, 0.5) is 0 Å². The number of nitrogens with zero attached hydrogens (tertiary/aromatic N) is 2. The van der Waals surface area contributed by atoms with E-state index in [4.69, 9.17) is 10.5 Å². The first-order valence-corrected chi connectivity index (χ1v) is 10.2. The van der Waals surface area contributed by atoms with Gasteiger partial charge in [0, 0.05) is 22.4 Å².